The summed E-state index contributed by atoms with van der Waals surface area (Å²) in [5, 5.41) is 12.5. The van der Waals surface area contributed by atoms with Crippen LogP contribution in [0, 0.1) is 0 Å². The Morgan fingerprint density at radius 3 is 2.76 bits per heavy atom. The second-order valence-corrected chi connectivity index (χ2v) is 6.45. The van der Waals surface area contributed by atoms with Crippen LogP contribution in [-0.4, -0.2) is 5.11 Å². The summed E-state index contributed by atoms with van der Waals surface area (Å²) < 4.78 is 1.91. The van der Waals surface area contributed by atoms with Crippen molar-refractivity contribution in [2.75, 3.05) is 0 Å². The highest BCUT2D eigenvalue weighted by atomic mass is 79.9. The minimum atomic E-state index is -0.558. The SMILES string of the molecule is CCc1ccsc1C(O)c1cc(Br)ccc1Br. The molecule has 0 spiro atoms. The minimum absolute atomic E-state index is 0.558. The second-order valence-electron chi connectivity index (χ2n) is 3.73. The molecule has 0 bridgehead atoms. The first-order chi connectivity index (χ1) is 8.13. The fourth-order valence-electron chi connectivity index (χ4n) is 1.74. The van der Waals surface area contributed by atoms with E-state index in [9.17, 15) is 5.11 Å². The molecule has 1 unspecified atom stereocenters. The molecule has 0 aliphatic carbocycles. The first kappa shape index (κ1) is 13.3. The molecule has 0 saturated heterocycles. The Hall–Kier alpha value is -0.160. The van der Waals surface area contributed by atoms with E-state index in [0.717, 1.165) is 25.8 Å². The maximum Gasteiger partial charge on any atom is 0.115 e. The fraction of sp³-hybridized carbons (Fsp3) is 0.231. The number of hydrogen-bond donors (Lipinski definition) is 1. The van der Waals surface area contributed by atoms with Crippen molar-refractivity contribution in [2.45, 2.75) is 19.4 Å². The van der Waals surface area contributed by atoms with E-state index < -0.39 is 6.10 Å². The average Bonchev–Trinajstić information content (AvgIpc) is 2.79. The highest BCUT2D eigenvalue weighted by Gasteiger charge is 2.18. The zero-order valence-corrected chi connectivity index (χ0v) is 13.3. The summed E-state index contributed by atoms with van der Waals surface area (Å²) in [6.45, 7) is 2.11. The lowest BCUT2D eigenvalue weighted by molar-refractivity contribution is 0.222. The van der Waals surface area contributed by atoms with Crippen molar-refractivity contribution in [1.82, 2.24) is 0 Å². The van der Waals surface area contributed by atoms with E-state index in [0.29, 0.717) is 0 Å². The highest BCUT2D eigenvalue weighted by Crippen LogP contribution is 2.35. The van der Waals surface area contributed by atoms with Gasteiger partial charge in [-0.15, -0.1) is 11.3 Å². The van der Waals surface area contributed by atoms with Crippen molar-refractivity contribution in [3.05, 3.63) is 54.6 Å². The van der Waals surface area contributed by atoms with Crippen LogP contribution in [0.4, 0.5) is 0 Å². The molecule has 2 rings (SSSR count). The zero-order valence-electron chi connectivity index (χ0n) is 9.28. The molecule has 17 heavy (non-hydrogen) atoms. The van der Waals surface area contributed by atoms with Gasteiger partial charge in [0.25, 0.3) is 0 Å². The average molecular weight is 376 g/mol. The Labute approximate surface area is 122 Å². The molecule has 2 aromatic rings. The summed E-state index contributed by atoms with van der Waals surface area (Å²) in [5.74, 6) is 0. The van der Waals surface area contributed by atoms with Gasteiger partial charge in [0.15, 0.2) is 0 Å². The van der Waals surface area contributed by atoms with Gasteiger partial charge in [0.05, 0.1) is 0 Å². The van der Waals surface area contributed by atoms with Gasteiger partial charge >= 0.3 is 0 Å². The first-order valence-electron chi connectivity index (χ1n) is 5.32. The monoisotopic (exact) mass is 374 g/mol. The quantitative estimate of drug-likeness (QED) is 0.807. The third-order valence-electron chi connectivity index (χ3n) is 2.66. The predicted octanol–water partition coefficient (Wildman–Crippen LogP) is 4.92. The van der Waals surface area contributed by atoms with Gasteiger partial charge in [-0.2, -0.15) is 0 Å². The van der Waals surface area contributed by atoms with Gasteiger partial charge in [-0.25, -0.2) is 0 Å². The van der Waals surface area contributed by atoms with Gasteiger partial charge in [0, 0.05) is 19.4 Å². The molecule has 1 atom stereocenters. The normalized spacial score (nSPS) is 12.7. The molecule has 0 radical (unpaired) electrons. The number of aliphatic hydroxyl groups excluding tert-OH is 1. The lowest BCUT2D eigenvalue weighted by Crippen LogP contribution is -2.01. The standard InChI is InChI=1S/C13H12Br2OS/c1-2-8-5-6-17-13(8)12(16)10-7-9(14)3-4-11(10)15/h3-7,12,16H,2H2,1H3. The smallest absolute Gasteiger partial charge is 0.115 e. The lowest BCUT2D eigenvalue weighted by Gasteiger charge is -2.13. The van der Waals surface area contributed by atoms with E-state index in [4.69, 9.17) is 0 Å². The highest BCUT2D eigenvalue weighted by molar-refractivity contribution is 9.11. The van der Waals surface area contributed by atoms with Crippen LogP contribution in [-0.2, 0) is 6.42 Å². The molecular weight excluding hydrogens is 364 g/mol. The van der Waals surface area contributed by atoms with Crippen LogP contribution >= 0.6 is 43.2 Å². The van der Waals surface area contributed by atoms with Crippen molar-refractivity contribution in [3.8, 4) is 0 Å². The van der Waals surface area contributed by atoms with E-state index in [2.05, 4.69) is 44.8 Å². The van der Waals surface area contributed by atoms with Crippen molar-refractivity contribution >= 4 is 43.2 Å². The Kier molecular flexibility index (Phi) is 4.42. The van der Waals surface area contributed by atoms with E-state index in [-0.39, 0.29) is 0 Å². The number of hydrogen-bond acceptors (Lipinski definition) is 2. The van der Waals surface area contributed by atoms with Crippen molar-refractivity contribution in [2.24, 2.45) is 0 Å². The largest absolute Gasteiger partial charge is 0.383 e. The third kappa shape index (κ3) is 2.81. The molecular formula is C13H12Br2OS. The molecule has 1 nitrogen and oxygen atoms in total. The zero-order chi connectivity index (χ0) is 12.4. The van der Waals surface area contributed by atoms with E-state index >= 15 is 0 Å². The Morgan fingerprint density at radius 2 is 2.06 bits per heavy atom. The third-order valence-corrected chi connectivity index (χ3v) is 4.89. The van der Waals surface area contributed by atoms with Gasteiger partial charge in [-0.1, -0.05) is 38.8 Å². The van der Waals surface area contributed by atoms with Crippen LogP contribution < -0.4 is 0 Å². The van der Waals surface area contributed by atoms with Crippen LogP contribution in [0.25, 0.3) is 0 Å². The lowest BCUT2D eigenvalue weighted by atomic mass is 10.0. The number of rotatable bonds is 3. The Morgan fingerprint density at radius 1 is 1.29 bits per heavy atom. The molecule has 0 saturated carbocycles. The second kappa shape index (κ2) is 5.65. The topological polar surface area (TPSA) is 20.2 Å². The number of benzene rings is 1. The molecule has 4 heteroatoms. The Bertz CT molecular complexity index is 522. The summed E-state index contributed by atoms with van der Waals surface area (Å²) in [4.78, 5) is 1.03. The molecule has 1 heterocycles. The van der Waals surface area contributed by atoms with Crippen LogP contribution in [0.3, 0.4) is 0 Å². The van der Waals surface area contributed by atoms with Crippen LogP contribution in [0.2, 0.25) is 0 Å². The molecule has 0 fully saturated rings. The molecule has 1 N–H and O–H groups in total. The predicted molar refractivity (Wildman–Crippen MR) is 79.6 cm³/mol. The first-order valence-corrected chi connectivity index (χ1v) is 7.79. The van der Waals surface area contributed by atoms with Gasteiger partial charge in [0.1, 0.15) is 6.10 Å². The van der Waals surface area contributed by atoms with Gasteiger partial charge < -0.3 is 5.11 Å². The van der Waals surface area contributed by atoms with E-state index in [1.807, 2.05) is 23.6 Å². The van der Waals surface area contributed by atoms with Crippen molar-refractivity contribution in [3.63, 3.8) is 0 Å². The van der Waals surface area contributed by atoms with Crippen molar-refractivity contribution < 1.29 is 5.11 Å². The van der Waals surface area contributed by atoms with E-state index in [1.54, 1.807) is 11.3 Å². The maximum absolute atomic E-state index is 10.5. The molecule has 1 aromatic carbocycles. The van der Waals surface area contributed by atoms with Crippen LogP contribution in [0.1, 0.15) is 29.0 Å². The molecule has 90 valence electrons. The van der Waals surface area contributed by atoms with Crippen LogP contribution in [0.5, 0.6) is 0 Å². The van der Waals surface area contributed by atoms with E-state index in [1.165, 1.54) is 5.56 Å². The molecule has 0 aliphatic heterocycles. The van der Waals surface area contributed by atoms with Gasteiger partial charge in [-0.3, -0.25) is 0 Å². The summed E-state index contributed by atoms with van der Waals surface area (Å²) in [6, 6.07) is 7.93. The number of halogens is 2. The maximum atomic E-state index is 10.5. The Balaban J connectivity index is 2.43. The minimum Gasteiger partial charge on any atom is -0.383 e. The fourth-order valence-corrected chi connectivity index (χ4v) is 3.59. The van der Waals surface area contributed by atoms with Crippen LogP contribution in [0.15, 0.2) is 38.6 Å². The summed E-state index contributed by atoms with van der Waals surface area (Å²) in [6.07, 6.45) is 0.387. The van der Waals surface area contributed by atoms with Gasteiger partial charge in [-0.05, 0) is 41.6 Å². The number of aryl methyl sites for hydroxylation is 1. The number of aliphatic hydroxyl groups is 1. The summed E-state index contributed by atoms with van der Waals surface area (Å²) in [7, 11) is 0. The summed E-state index contributed by atoms with van der Waals surface area (Å²) >= 11 is 8.53. The summed E-state index contributed by atoms with van der Waals surface area (Å²) in [5.41, 5.74) is 2.12. The number of thiophene rings is 1. The molecule has 0 amide bonds. The molecule has 1 aromatic heterocycles. The van der Waals surface area contributed by atoms with Gasteiger partial charge in [0.2, 0.25) is 0 Å². The molecule has 0 aliphatic rings. The van der Waals surface area contributed by atoms with Crippen molar-refractivity contribution in [1.29, 1.82) is 0 Å².